The normalized spacial score (nSPS) is 15.2. The van der Waals surface area contributed by atoms with Crippen LogP contribution in [0.1, 0.15) is 28.1 Å². The lowest BCUT2D eigenvalue weighted by atomic mass is 10.0. The van der Waals surface area contributed by atoms with E-state index in [4.69, 9.17) is 23.2 Å². The number of nitrogens with zero attached hydrogens (tertiary/aromatic N) is 1. The molecule has 1 aromatic carbocycles. The molecule has 2 aromatic rings. The molecule has 0 atom stereocenters. The first kappa shape index (κ1) is 18.2. The van der Waals surface area contributed by atoms with Crippen molar-refractivity contribution in [2.24, 2.45) is 0 Å². The summed E-state index contributed by atoms with van der Waals surface area (Å²) in [6.07, 6.45) is 1.88. The quantitative estimate of drug-likeness (QED) is 0.847. The van der Waals surface area contributed by atoms with Gasteiger partial charge < -0.3 is 10.2 Å². The first-order chi connectivity index (χ1) is 12.0. The molecule has 0 bridgehead atoms. The molecule has 1 aliphatic rings. The topological polar surface area (TPSA) is 49.4 Å². The summed E-state index contributed by atoms with van der Waals surface area (Å²) in [4.78, 5) is 27.5. The van der Waals surface area contributed by atoms with Gasteiger partial charge >= 0.3 is 0 Å². The molecule has 2 heterocycles. The second-order valence-corrected chi connectivity index (χ2v) is 7.89. The maximum Gasteiger partial charge on any atom is 0.255 e. The molecule has 0 aliphatic carbocycles. The van der Waals surface area contributed by atoms with Crippen LogP contribution in [0.5, 0.6) is 0 Å². The highest BCUT2D eigenvalue weighted by atomic mass is 35.5. The van der Waals surface area contributed by atoms with Gasteiger partial charge in [-0.25, -0.2) is 0 Å². The van der Waals surface area contributed by atoms with Crippen molar-refractivity contribution in [3.63, 3.8) is 0 Å². The summed E-state index contributed by atoms with van der Waals surface area (Å²) < 4.78 is 0. The van der Waals surface area contributed by atoms with Crippen LogP contribution in [0.3, 0.4) is 0 Å². The minimum absolute atomic E-state index is 0.0325. The lowest BCUT2D eigenvalue weighted by Crippen LogP contribution is -2.46. The van der Waals surface area contributed by atoms with Gasteiger partial charge in [0.2, 0.25) is 5.91 Å². The molecule has 4 nitrogen and oxygen atoms in total. The van der Waals surface area contributed by atoms with Crippen LogP contribution in [-0.4, -0.2) is 35.8 Å². The first-order valence-corrected chi connectivity index (χ1v) is 9.72. The molecular formula is C18H18Cl2N2O2S. The Balaban J connectivity index is 1.52. The lowest BCUT2D eigenvalue weighted by Gasteiger charge is -2.32. The number of halogens is 2. The van der Waals surface area contributed by atoms with E-state index in [1.54, 1.807) is 34.4 Å². The fourth-order valence-electron chi connectivity index (χ4n) is 2.91. The smallest absolute Gasteiger partial charge is 0.255 e. The molecule has 25 heavy (non-hydrogen) atoms. The summed E-state index contributed by atoms with van der Waals surface area (Å²) in [5.74, 6) is -0.0824. The Bertz CT molecular complexity index is 756. The van der Waals surface area contributed by atoms with Crippen molar-refractivity contribution in [1.29, 1.82) is 0 Å². The second-order valence-electron chi connectivity index (χ2n) is 6.01. The van der Waals surface area contributed by atoms with Gasteiger partial charge in [0.25, 0.3) is 5.91 Å². The molecule has 0 radical (unpaired) electrons. The number of hydrogen-bond donors (Lipinski definition) is 1. The molecule has 1 saturated heterocycles. The van der Waals surface area contributed by atoms with Crippen LogP contribution in [-0.2, 0) is 11.2 Å². The summed E-state index contributed by atoms with van der Waals surface area (Å²) in [6, 6.07) is 8.90. The zero-order chi connectivity index (χ0) is 17.8. The highest BCUT2D eigenvalue weighted by Gasteiger charge is 2.25. The average molecular weight is 397 g/mol. The third-order valence-electron chi connectivity index (χ3n) is 4.22. The van der Waals surface area contributed by atoms with Crippen molar-refractivity contribution >= 4 is 46.4 Å². The second kappa shape index (κ2) is 8.21. The van der Waals surface area contributed by atoms with E-state index in [0.717, 1.165) is 17.7 Å². The molecule has 1 aromatic heterocycles. The number of thiophene rings is 1. The van der Waals surface area contributed by atoms with Gasteiger partial charge in [-0.1, -0.05) is 29.3 Å². The van der Waals surface area contributed by atoms with Crippen LogP contribution in [0.25, 0.3) is 0 Å². The van der Waals surface area contributed by atoms with Gasteiger partial charge in [-0.05, 0) is 42.5 Å². The molecule has 3 rings (SSSR count). The number of piperidine rings is 1. The number of rotatable bonds is 4. The third kappa shape index (κ3) is 4.75. The fraction of sp³-hybridized carbons (Fsp3) is 0.333. The molecule has 1 fully saturated rings. The van der Waals surface area contributed by atoms with Gasteiger partial charge in [0, 0.05) is 29.0 Å². The van der Waals surface area contributed by atoms with E-state index in [1.165, 1.54) is 0 Å². The summed E-state index contributed by atoms with van der Waals surface area (Å²) >= 11 is 13.7. The lowest BCUT2D eigenvalue weighted by molar-refractivity contribution is -0.121. The Morgan fingerprint density at radius 2 is 1.96 bits per heavy atom. The number of benzene rings is 1. The summed E-state index contributed by atoms with van der Waals surface area (Å²) in [5.41, 5.74) is 0.425. The zero-order valence-corrected chi connectivity index (χ0v) is 15.8. The standard InChI is InChI=1S/C18H18Cl2N2O2S/c19-12-3-4-16(20)15(10-12)18(24)22-7-5-13(6-8-22)21-17(23)11-14-2-1-9-25-14/h1-4,9-10,13H,5-8,11H2,(H,21,23). The Labute approximate surface area is 160 Å². The molecule has 7 heteroatoms. The number of carbonyl (C=O) groups is 2. The molecule has 1 aliphatic heterocycles. The van der Waals surface area contributed by atoms with E-state index in [9.17, 15) is 9.59 Å². The van der Waals surface area contributed by atoms with Crippen molar-refractivity contribution in [3.8, 4) is 0 Å². The van der Waals surface area contributed by atoms with Crippen molar-refractivity contribution in [3.05, 3.63) is 56.2 Å². The average Bonchev–Trinajstić information content (AvgIpc) is 3.10. The fourth-order valence-corrected chi connectivity index (χ4v) is 3.98. The summed E-state index contributed by atoms with van der Waals surface area (Å²) in [7, 11) is 0. The van der Waals surface area contributed by atoms with Crippen LogP contribution < -0.4 is 5.32 Å². The van der Waals surface area contributed by atoms with Crippen LogP contribution in [0.4, 0.5) is 0 Å². The minimum atomic E-state index is -0.115. The number of likely N-dealkylation sites (tertiary alicyclic amines) is 1. The van der Waals surface area contributed by atoms with Crippen molar-refractivity contribution in [2.45, 2.75) is 25.3 Å². The monoisotopic (exact) mass is 396 g/mol. The van der Waals surface area contributed by atoms with E-state index in [0.29, 0.717) is 35.1 Å². The van der Waals surface area contributed by atoms with E-state index in [1.807, 2.05) is 17.5 Å². The first-order valence-electron chi connectivity index (χ1n) is 8.09. The Morgan fingerprint density at radius 3 is 2.64 bits per heavy atom. The van der Waals surface area contributed by atoms with E-state index in [-0.39, 0.29) is 17.9 Å². The SMILES string of the molecule is O=C(Cc1cccs1)NC1CCN(C(=O)c2cc(Cl)ccc2Cl)CC1. The van der Waals surface area contributed by atoms with Crippen LogP contribution in [0, 0.1) is 0 Å². The van der Waals surface area contributed by atoms with Crippen molar-refractivity contribution in [2.75, 3.05) is 13.1 Å². The molecule has 0 spiro atoms. The Morgan fingerprint density at radius 1 is 1.20 bits per heavy atom. The van der Waals surface area contributed by atoms with Gasteiger partial charge in [0.1, 0.15) is 0 Å². The van der Waals surface area contributed by atoms with E-state index in [2.05, 4.69) is 5.32 Å². The highest BCUT2D eigenvalue weighted by Crippen LogP contribution is 2.23. The van der Waals surface area contributed by atoms with Crippen molar-refractivity contribution < 1.29 is 9.59 Å². The molecule has 132 valence electrons. The third-order valence-corrected chi connectivity index (χ3v) is 5.66. The number of amides is 2. The highest BCUT2D eigenvalue weighted by molar-refractivity contribution is 7.10. The van der Waals surface area contributed by atoms with Gasteiger partial charge in [-0.2, -0.15) is 0 Å². The molecular weight excluding hydrogens is 379 g/mol. The Hall–Kier alpha value is -1.56. The van der Waals surface area contributed by atoms with Crippen molar-refractivity contribution in [1.82, 2.24) is 10.2 Å². The van der Waals surface area contributed by atoms with E-state index >= 15 is 0 Å². The number of carbonyl (C=O) groups excluding carboxylic acids is 2. The Kier molecular flexibility index (Phi) is 5.99. The van der Waals surface area contributed by atoms with Gasteiger partial charge in [-0.15, -0.1) is 11.3 Å². The minimum Gasteiger partial charge on any atom is -0.353 e. The molecule has 0 unspecified atom stereocenters. The van der Waals surface area contributed by atoms with Crippen LogP contribution in [0.15, 0.2) is 35.7 Å². The van der Waals surface area contributed by atoms with Crippen LogP contribution in [0.2, 0.25) is 10.0 Å². The van der Waals surface area contributed by atoms with Gasteiger partial charge in [-0.3, -0.25) is 9.59 Å². The number of hydrogen-bond acceptors (Lipinski definition) is 3. The predicted molar refractivity (Wildman–Crippen MR) is 102 cm³/mol. The maximum atomic E-state index is 12.6. The molecule has 2 amide bonds. The van der Waals surface area contributed by atoms with Gasteiger partial charge in [0.05, 0.1) is 17.0 Å². The zero-order valence-electron chi connectivity index (χ0n) is 13.5. The number of nitrogens with one attached hydrogen (secondary N) is 1. The predicted octanol–water partition coefficient (Wildman–Crippen LogP) is 4.02. The molecule has 1 N–H and O–H groups in total. The van der Waals surface area contributed by atoms with Gasteiger partial charge in [0.15, 0.2) is 0 Å². The molecule has 0 saturated carbocycles. The maximum absolute atomic E-state index is 12.6. The summed E-state index contributed by atoms with van der Waals surface area (Å²) in [5, 5.41) is 5.92. The largest absolute Gasteiger partial charge is 0.353 e. The van der Waals surface area contributed by atoms with Crippen LogP contribution >= 0.6 is 34.5 Å². The van der Waals surface area contributed by atoms with E-state index < -0.39 is 0 Å². The summed E-state index contributed by atoms with van der Waals surface area (Å²) in [6.45, 7) is 1.18.